The lowest BCUT2D eigenvalue weighted by Crippen LogP contribution is -2.66. The Bertz CT molecular complexity index is 641. The van der Waals surface area contributed by atoms with Crippen molar-refractivity contribution < 1.29 is 23.7 Å². The molecular formula is C22H34O5. The summed E-state index contributed by atoms with van der Waals surface area (Å²) in [5.41, 5.74) is 1.15. The predicted molar refractivity (Wildman–Crippen MR) is 101 cm³/mol. The molecule has 27 heavy (non-hydrogen) atoms. The topological polar surface area (TPSA) is 54.0 Å². The summed E-state index contributed by atoms with van der Waals surface area (Å²) in [6, 6.07) is 0. The molecule has 0 aromatic heterocycles. The van der Waals surface area contributed by atoms with E-state index in [4.69, 9.17) is 18.9 Å². The van der Waals surface area contributed by atoms with Crippen LogP contribution >= 0.6 is 0 Å². The Morgan fingerprint density at radius 3 is 2.74 bits per heavy atom. The molecule has 3 fully saturated rings. The summed E-state index contributed by atoms with van der Waals surface area (Å²) in [6.45, 7) is 9.60. The summed E-state index contributed by atoms with van der Waals surface area (Å²) in [5, 5.41) is 0. The maximum atomic E-state index is 12.3. The zero-order chi connectivity index (χ0) is 19.4. The van der Waals surface area contributed by atoms with Crippen LogP contribution in [0.4, 0.5) is 0 Å². The van der Waals surface area contributed by atoms with Crippen molar-refractivity contribution >= 4 is 5.78 Å². The van der Waals surface area contributed by atoms with Crippen molar-refractivity contribution in [2.45, 2.75) is 77.8 Å². The number of rotatable bonds is 3. The summed E-state index contributed by atoms with van der Waals surface area (Å²) in [6.07, 6.45) is 6.77. The summed E-state index contributed by atoms with van der Waals surface area (Å²) in [4.78, 5) is 12.3. The van der Waals surface area contributed by atoms with Gasteiger partial charge in [0.25, 0.3) is 0 Å². The van der Waals surface area contributed by atoms with Crippen LogP contribution in [0.1, 0.15) is 59.8 Å². The average Bonchev–Trinajstić information content (AvgIpc) is 2.61. The van der Waals surface area contributed by atoms with Crippen LogP contribution in [0.3, 0.4) is 0 Å². The first-order valence-corrected chi connectivity index (χ1v) is 10.4. The molecule has 1 aliphatic heterocycles. The molecule has 2 saturated carbocycles. The summed E-state index contributed by atoms with van der Waals surface area (Å²) >= 11 is 0. The highest BCUT2D eigenvalue weighted by molar-refractivity contribution is 5.91. The minimum Gasteiger partial charge on any atom is -0.359 e. The van der Waals surface area contributed by atoms with Crippen molar-refractivity contribution in [1.82, 2.24) is 0 Å². The molecule has 0 aromatic carbocycles. The minimum absolute atomic E-state index is 0.0587. The molecule has 1 saturated heterocycles. The second kappa shape index (κ2) is 6.65. The molecule has 0 N–H and O–H groups in total. The zero-order valence-electron chi connectivity index (χ0n) is 17.4. The maximum Gasteiger partial charge on any atom is 0.163 e. The van der Waals surface area contributed by atoms with Crippen LogP contribution < -0.4 is 0 Å². The van der Waals surface area contributed by atoms with Gasteiger partial charge in [-0.15, -0.1) is 0 Å². The number of ether oxygens (including phenoxy) is 4. The molecular weight excluding hydrogens is 344 g/mol. The molecule has 0 unspecified atom stereocenters. The van der Waals surface area contributed by atoms with Crippen LogP contribution in [0.5, 0.6) is 0 Å². The van der Waals surface area contributed by atoms with Gasteiger partial charge in [-0.25, -0.2) is 0 Å². The van der Waals surface area contributed by atoms with Crippen LogP contribution in [-0.4, -0.2) is 44.3 Å². The fraction of sp³-hybridized carbons (Fsp3) is 0.864. The minimum atomic E-state index is -0.544. The van der Waals surface area contributed by atoms with Gasteiger partial charge in [-0.2, -0.15) is 0 Å². The molecule has 0 aromatic rings. The average molecular weight is 379 g/mol. The van der Waals surface area contributed by atoms with E-state index >= 15 is 0 Å². The molecule has 0 bridgehead atoms. The predicted octanol–water partition coefficient (Wildman–Crippen LogP) is 3.86. The molecule has 5 heteroatoms. The zero-order valence-corrected chi connectivity index (χ0v) is 17.4. The standard InChI is InChI=1S/C22H34O5/c1-20(2)26-12-22(4)18(27-20)8-9-21(3)16-11-15(23)7-6-14(16)10-17(19(21)22)25-13-24-5/h11,14,17-19H,6-10,12-13H2,1-5H3/t14-,17+,18+,19-,21-,22+/m0/s1. The normalized spacial score (nSPS) is 46.1. The maximum absolute atomic E-state index is 12.3. The number of ketones is 1. The molecule has 4 aliphatic rings. The van der Waals surface area contributed by atoms with Crippen molar-refractivity contribution in [2.75, 3.05) is 20.5 Å². The van der Waals surface area contributed by atoms with Crippen molar-refractivity contribution in [1.29, 1.82) is 0 Å². The fourth-order valence-corrected chi connectivity index (χ4v) is 6.53. The van der Waals surface area contributed by atoms with Gasteiger partial charge >= 0.3 is 0 Å². The number of fused-ring (bicyclic) bond motifs is 5. The molecule has 5 nitrogen and oxygen atoms in total. The second-order valence-corrected chi connectivity index (χ2v) is 9.88. The van der Waals surface area contributed by atoms with E-state index in [0.717, 1.165) is 25.7 Å². The summed E-state index contributed by atoms with van der Waals surface area (Å²) in [7, 11) is 1.67. The molecule has 4 rings (SSSR count). The second-order valence-electron chi connectivity index (χ2n) is 9.88. The van der Waals surface area contributed by atoms with E-state index in [-0.39, 0.29) is 34.7 Å². The Labute approximate surface area is 162 Å². The van der Waals surface area contributed by atoms with E-state index in [1.54, 1.807) is 7.11 Å². The Balaban J connectivity index is 1.75. The molecule has 0 radical (unpaired) electrons. The van der Waals surface area contributed by atoms with Crippen molar-refractivity contribution in [2.24, 2.45) is 22.7 Å². The van der Waals surface area contributed by atoms with E-state index in [2.05, 4.69) is 13.8 Å². The number of hydrogen-bond acceptors (Lipinski definition) is 5. The monoisotopic (exact) mass is 378 g/mol. The molecule has 1 heterocycles. The molecule has 0 spiro atoms. The Kier molecular flexibility index (Phi) is 4.82. The van der Waals surface area contributed by atoms with E-state index in [1.807, 2.05) is 19.9 Å². The van der Waals surface area contributed by atoms with E-state index in [9.17, 15) is 4.79 Å². The fourth-order valence-electron chi connectivity index (χ4n) is 6.53. The lowest BCUT2D eigenvalue weighted by molar-refractivity contribution is -0.349. The summed E-state index contributed by atoms with van der Waals surface area (Å²) in [5.74, 6) is 0.413. The lowest BCUT2D eigenvalue weighted by atomic mass is 9.45. The van der Waals surface area contributed by atoms with Gasteiger partial charge < -0.3 is 18.9 Å². The number of carbonyl (C=O) groups excluding carboxylic acids is 1. The molecule has 3 aliphatic carbocycles. The summed E-state index contributed by atoms with van der Waals surface area (Å²) < 4.78 is 24.1. The third-order valence-electron chi connectivity index (χ3n) is 7.66. The van der Waals surface area contributed by atoms with Gasteiger partial charge in [-0.1, -0.05) is 19.4 Å². The number of carbonyl (C=O) groups is 1. The van der Waals surface area contributed by atoms with E-state index in [0.29, 0.717) is 25.7 Å². The Morgan fingerprint density at radius 2 is 2.00 bits per heavy atom. The van der Waals surface area contributed by atoms with Gasteiger partial charge in [-0.05, 0) is 56.9 Å². The molecule has 0 amide bonds. The van der Waals surface area contributed by atoms with Gasteiger partial charge in [0.1, 0.15) is 6.79 Å². The van der Waals surface area contributed by atoms with Crippen molar-refractivity contribution in [3.63, 3.8) is 0 Å². The number of methoxy groups -OCH3 is 1. The largest absolute Gasteiger partial charge is 0.359 e. The quantitative estimate of drug-likeness (QED) is 0.698. The first-order valence-electron chi connectivity index (χ1n) is 10.4. The van der Waals surface area contributed by atoms with E-state index < -0.39 is 5.79 Å². The van der Waals surface area contributed by atoms with Crippen LogP contribution in [0, 0.1) is 22.7 Å². The highest BCUT2D eigenvalue weighted by Crippen LogP contribution is 2.64. The van der Waals surface area contributed by atoms with Crippen LogP contribution in [0.2, 0.25) is 0 Å². The van der Waals surface area contributed by atoms with Gasteiger partial charge in [0.2, 0.25) is 0 Å². The van der Waals surface area contributed by atoms with Crippen molar-refractivity contribution in [3.05, 3.63) is 11.6 Å². The lowest BCUT2D eigenvalue weighted by Gasteiger charge is -2.64. The van der Waals surface area contributed by atoms with Crippen LogP contribution in [-0.2, 0) is 23.7 Å². The van der Waals surface area contributed by atoms with Crippen LogP contribution in [0.25, 0.3) is 0 Å². The first-order chi connectivity index (χ1) is 12.7. The van der Waals surface area contributed by atoms with Gasteiger partial charge in [0, 0.05) is 24.9 Å². The first kappa shape index (κ1) is 19.6. The highest BCUT2D eigenvalue weighted by Gasteiger charge is 2.64. The third-order valence-corrected chi connectivity index (χ3v) is 7.66. The Morgan fingerprint density at radius 1 is 1.22 bits per heavy atom. The number of allylic oxidation sites excluding steroid dienone is 2. The van der Waals surface area contributed by atoms with Crippen LogP contribution in [0.15, 0.2) is 11.6 Å². The van der Waals surface area contributed by atoms with Gasteiger partial charge in [0.15, 0.2) is 11.6 Å². The highest BCUT2D eigenvalue weighted by atomic mass is 16.7. The SMILES string of the molecule is COCO[C@@H]1C[C@@H]2CCC(=O)C=C2[C@]2(C)CC[C@H]3OC(C)(C)OC[C@@]3(C)[C@@H]12. The smallest absolute Gasteiger partial charge is 0.163 e. The third kappa shape index (κ3) is 3.11. The Hall–Kier alpha value is -0.750. The number of hydrogen-bond donors (Lipinski definition) is 0. The van der Waals surface area contributed by atoms with Gasteiger partial charge in [-0.3, -0.25) is 4.79 Å². The molecule has 6 atom stereocenters. The molecule has 152 valence electrons. The van der Waals surface area contributed by atoms with Crippen molar-refractivity contribution in [3.8, 4) is 0 Å². The van der Waals surface area contributed by atoms with E-state index in [1.165, 1.54) is 5.57 Å². The van der Waals surface area contributed by atoms with Gasteiger partial charge in [0.05, 0.1) is 18.8 Å².